The minimum absolute atomic E-state index is 0.201. The number of hydrogen-bond donors (Lipinski definition) is 0. The van der Waals surface area contributed by atoms with Crippen LogP contribution in [0.25, 0.3) is 0 Å². The van der Waals surface area contributed by atoms with Gasteiger partial charge in [-0.3, -0.25) is 0 Å². The third kappa shape index (κ3) is 5.13. The zero-order valence-corrected chi connectivity index (χ0v) is 10.2. The predicted molar refractivity (Wildman–Crippen MR) is 69.4 cm³/mol. The zero-order chi connectivity index (χ0) is 11.6. The second kappa shape index (κ2) is 8.12. The van der Waals surface area contributed by atoms with Crippen molar-refractivity contribution in [2.24, 2.45) is 0 Å². The van der Waals surface area contributed by atoms with E-state index in [0.29, 0.717) is 6.61 Å². The normalized spacial score (nSPS) is 12.3. The van der Waals surface area contributed by atoms with Crippen molar-refractivity contribution < 1.29 is 4.74 Å². The smallest absolute Gasteiger partial charge is 0.0757 e. The van der Waals surface area contributed by atoms with Crippen LogP contribution in [0.3, 0.4) is 0 Å². The molecule has 16 heavy (non-hydrogen) atoms. The maximum atomic E-state index is 5.81. The Hall–Kier alpha value is -1.08. The van der Waals surface area contributed by atoms with Crippen molar-refractivity contribution in [3.8, 4) is 0 Å². The molecule has 0 aliphatic rings. The number of rotatable bonds is 8. The lowest BCUT2D eigenvalue weighted by atomic mass is 10.1. The minimum Gasteiger partial charge on any atom is -0.369 e. The van der Waals surface area contributed by atoms with Crippen LogP contribution in [0.15, 0.2) is 43.0 Å². The molecule has 0 aliphatic heterocycles. The summed E-state index contributed by atoms with van der Waals surface area (Å²) < 4.78 is 5.81. The molecule has 1 aromatic carbocycles. The number of ether oxygens (including phenoxy) is 1. The Kier molecular flexibility index (Phi) is 6.59. The Morgan fingerprint density at radius 1 is 1.25 bits per heavy atom. The Balaban J connectivity index is 2.26. The Morgan fingerprint density at radius 3 is 2.62 bits per heavy atom. The summed E-state index contributed by atoms with van der Waals surface area (Å²) in [5, 5.41) is 0. The first-order valence-electron chi connectivity index (χ1n) is 6.15. The molecule has 0 saturated heterocycles. The van der Waals surface area contributed by atoms with Crippen molar-refractivity contribution in [2.75, 3.05) is 0 Å². The van der Waals surface area contributed by atoms with Gasteiger partial charge in [0.2, 0.25) is 0 Å². The van der Waals surface area contributed by atoms with Crippen molar-refractivity contribution in [3.05, 3.63) is 48.6 Å². The first kappa shape index (κ1) is 13.0. The lowest BCUT2D eigenvalue weighted by Crippen LogP contribution is -2.09. The fourth-order valence-electron chi connectivity index (χ4n) is 1.64. The summed E-state index contributed by atoms with van der Waals surface area (Å²) >= 11 is 0. The summed E-state index contributed by atoms with van der Waals surface area (Å²) in [6.07, 6.45) is 6.96. The average Bonchev–Trinajstić information content (AvgIpc) is 2.35. The molecule has 0 aromatic heterocycles. The van der Waals surface area contributed by atoms with Crippen molar-refractivity contribution in [3.63, 3.8) is 0 Å². The highest BCUT2D eigenvalue weighted by Gasteiger charge is 2.03. The first-order valence-corrected chi connectivity index (χ1v) is 6.15. The first-order chi connectivity index (χ1) is 7.86. The molecule has 88 valence electrons. The summed E-state index contributed by atoms with van der Waals surface area (Å²) in [5.74, 6) is 0. The summed E-state index contributed by atoms with van der Waals surface area (Å²) in [7, 11) is 0. The lowest BCUT2D eigenvalue weighted by Gasteiger charge is -2.13. The molecule has 1 unspecified atom stereocenters. The van der Waals surface area contributed by atoms with E-state index in [2.05, 4.69) is 25.6 Å². The molecule has 1 nitrogen and oxygen atoms in total. The second-order valence-corrected chi connectivity index (χ2v) is 4.07. The van der Waals surface area contributed by atoms with Crippen LogP contribution in [0.4, 0.5) is 0 Å². The molecule has 0 saturated carbocycles. The molecule has 1 heteroatoms. The van der Waals surface area contributed by atoms with Gasteiger partial charge in [-0.15, -0.1) is 6.58 Å². The Bertz CT molecular complexity index is 279. The number of benzene rings is 1. The summed E-state index contributed by atoms with van der Waals surface area (Å²) in [5.41, 5.74) is 1.23. The largest absolute Gasteiger partial charge is 0.369 e. The van der Waals surface area contributed by atoms with E-state index in [1.807, 2.05) is 24.3 Å². The van der Waals surface area contributed by atoms with Gasteiger partial charge < -0.3 is 4.74 Å². The summed E-state index contributed by atoms with van der Waals surface area (Å²) in [6.45, 7) is 6.73. The SMILES string of the molecule is C=CC(CCCCC)OCc1ccccc1. The van der Waals surface area contributed by atoms with Crippen LogP contribution in [0.2, 0.25) is 0 Å². The molecule has 0 aliphatic carbocycles. The number of hydrogen-bond acceptors (Lipinski definition) is 1. The fraction of sp³-hybridized carbons (Fsp3) is 0.467. The molecule has 0 radical (unpaired) electrons. The van der Waals surface area contributed by atoms with Gasteiger partial charge in [0, 0.05) is 0 Å². The van der Waals surface area contributed by atoms with E-state index in [0.717, 1.165) is 6.42 Å². The predicted octanol–water partition coefficient (Wildman–Crippen LogP) is 4.34. The van der Waals surface area contributed by atoms with Gasteiger partial charge in [0.1, 0.15) is 0 Å². The van der Waals surface area contributed by atoms with Gasteiger partial charge in [-0.2, -0.15) is 0 Å². The van der Waals surface area contributed by atoms with Crippen LogP contribution in [0, 0.1) is 0 Å². The molecule has 0 amide bonds. The standard InChI is InChI=1S/C15H22O/c1-3-5-7-12-15(4-2)16-13-14-10-8-6-9-11-14/h4,6,8-11,15H,2-3,5,7,12-13H2,1H3. The van der Waals surface area contributed by atoms with E-state index in [-0.39, 0.29) is 6.10 Å². The molecular formula is C15H22O. The van der Waals surface area contributed by atoms with Crippen LogP contribution < -0.4 is 0 Å². The van der Waals surface area contributed by atoms with E-state index in [4.69, 9.17) is 4.74 Å². The van der Waals surface area contributed by atoms with Crippen molar-refractivity contribution in [1.82, 2.24) is 0 Å². The van der Waals surface area contributed by atoms with Gasteiger partial charge in [-0.1, -0.05) is 62.6 Å². The van der Waals surface area contributed by atoms with Crippen LogP contribution >= 0.6 is 0 Å². The fourth-order valence-corrected chi connectivity index (χ4v) is 1.64. The molecule has 1 atom stereocenters. The van der Waals surface area contributed by atoms with E-state index in [1.54, 1.807) is 0 Å². The van der Waals surface area contributed by atoms with Crippen LogP contribution in [-0.2, 0) is 11.3 Å². The van der Waals surface area contributed by atoms with Gasteiger partial charge in [0.25, 0.3) is 0 Å². The molecule has 0 spiro atoms. The van der Waals surface area contributed by atoms with Crippen LogP contribution in [-0.4, -0.2) is 6.10 Å². The van der Waals surface area contributed by atoms with Gasteiger partial charge in [-0.25, -0.2) is 0 Å². The molecule has 1 aromatic rings. The van der Waals surface area contributed by atoms with E-state index in [1.165, 1.54) is 24.8 Å². The van der Waals surface area contributed by atoms with Crippen LogP contribution in [0.1, 0.15) is 38.2 Å². The van der Waals surface area contributed by atoms with Gasteiger partial charge >= 0.3 is 0 Å². The maximum Gasteiger partial charge on any atom is 0.0757 e. The lowest BCUT2D eigenvalue weighted by molar-refractivity contribution is 0.0650. The quantitative estimate of drug-likeness (QED) is 0.466. The molecule has 1 rings (SSSR count). The third-order valence-corrected chi connectivity index (χ3v) is 2.66. The third-order valence-electron chi connectivity index (χ3n) is 2.66. The molecule has 0 N–H and O–H groups in total. The van der Waals surface area contributed by atoms with Gasteiger partial charge in [0.05, 0.1) is 12.7 Å². The molecular weight excluding hydrogens is 196 g/mol. The average molecular weight is 218 g/mol. The Morgan fingerprint density at radius 2 is 2.00 bits per heavy atom. The van der Waals surface area contributed by atoms with E-state index < -0.39 is 0 Å². The summed E-state index contributed by atoms with van der Waals surface area (Å²) in [6, 6.07) is 10.3. The second-order valence-electron chi connectivity index (χ2n) is 4.07. The van der Waals surface area contributed by atoms with Crippen molar-refractivity contribution >= 4 is 0 Å². The monoisotopic (exact) mass is 218 g/mol. The van der Waals surface area contributed by atoms with Gasteiger partial charge in [0.15, 0.2) is 0 Å². The Labute approximate surface area is 99.1 Å². The number of unbranched alkanes of at least 4 members (excludes halogenated alkanes) is 2. The van der Waals surface area contributed by atoms with E-state index >= 15 is 0 Å². The maximum absolute atomic E-state index is 5.81. The van der Waals surface area contributed by atoms with Gasteiger partial charge in [-0.05, 0) is 12.0 Å². The zero-order valence-electron chi connectivity index (χ0n) is 10.2. The van der Waals surface area contributed by atoms with Crippen molar-refractivity contribution in [1.29, 1.82) is 0 Å². The molecule has 0 bridgehead atoms. The van der Waals surface area contributed by atoms with Crippen molar-refractivity contribution in [2.45, 2.75) is 45.3 Å². The minimum atomic E-state index is 0.201. The summed E-state index contributed by atoms with van der Waals surface area (Å²) in [4.78, 5) is 0. The topological polar surface area (TPSA) is 9.23 Å². The highest BCUT2D eigenvalue weighted by Crippen LogP contribution is 2.10. The highest BCUT2D eigenvalue weighted by atomic mass is 16.5. The highest BCUT2D eigenvalue weighted by molar-refractivity contribution is 5.13. The molecule has 0 heterocycles. The molecule has 0 fully saturated rings. The van der Waals surface area contributed by atoms with E-state index in [9.17, 15) is 0 Å². The van der Waals surface area contributed by atoms with Crippen LogP contribution in [0.5, 0.6) is 0 Å².